The van der Waals surface area contributed by atoms with E-state index < -0.39 is 0 Å². The van der Waals surface area contributed by atoms with E-state index >= 15 is 0 Å². The van der Waals surface area contributed by atoms with Gasteiger partial charge in [0.2, 0.25) is 0 Å². The van der Waals surface area contributed by atoms with Crippen molar-refractivity contribution in [3.05, 3.63) is 0 Å². The molecule has 0 aromatic rings. The van der Waals surface area contributed by atoms with Crippen LogP contribution in [0.3, 0.4) is 0 Å². The Bertz CT molecular complexity index is 205. The summed E-state index contributed by atoms with van der Waals surface area (Å²) < 4.78 is 0. The van der Waals surface area contributed by atoms with E-state index in [-0.39, 0.29) is 5.54 Å². The average Bonchev–Trinajstić information content (AvgIpc) is 2.22. The lowest BCUT2D eigenvalue weighted by atomic mass is 9.69. The van der Waals surface area contributed by atoms with Crippen LogP contribution >= 0.6 is 0 Å². The predicted octanol–water partition coefficient (Wildman–Crippen LogP) is 1.29. The lowest BCUT2D eigenvalue weighted by Crippen LogP contribution is -2.59. The Balaban J connectivity index is 2.52. The van der Waals surface area contributed by atoms with Crippen molar-refractivity contribution < 1.29 is 0 Å². The molecule has 3 heteroatoms. The number of nitrogens with one attached hydrogen (secondary N) is 1. The molecule has 0 saturated heterocycles. The topological polar surface area (TPSA) is 41.3 Å². The second kappa shape index (κ2) is 5.99. The maximum atomic E-state index is 6.03. The number of hydrogen-bond acceptors (Lipinski definition) is 3. The van der Waals surface area contributed by atoms with Crippen molar-refractivity contribution in [2.45, 2.75) is 38.6 Å². The van der Waals surface area contributed by atoms with Gasteiger partial charge in [-0.05, 0) is 38.8 Å². The third kappa shape index (κ3) is 3.44. The highest BCUT2D eigenvalue weighted by Gasteiger charge is 2.38. The van der Waals surface area contributed by atoms with Crippen molar-refractivity contribution in [1.82, 2.24) is 10.2 Å². The van der Waals surface area contributed by atoms with Gasteiger partial charge in [0.15, 0.2) is 0 Å². The largest absolute Gasteiger partial charge is 0.329 e. The van der Waals surface area contributed by atoms with Crippen molar-refractivity contribution in [3.63, 3.8) is 0 Å². The van der Waals surface area contributed by atoms with E-state index in [0.717, 1.165) is 25.6 Å². The number of hydrogen-bond donors (Lipinski definition) is 2. The number of likely N-dealkylation sites (N-methyl/N-ethyl adjacent to an activating group) is 1. The summed E-state index contributed by atoms with van der Waals surface area (Å²) in [7, 11) is 4.23. The molecule has 1 rings (SSSR count). The fourth-order valence-electron chi connectivity index (χ4n) is 2.87. The number of rotatable bonds is 5. The summed E-state index contributed by atoms with van der Waals surface area (Å²) in [5, 5.41) is 3.73. The first kappa shape index (κ1) is 13.9. The van der Waals surface area contributed by atoms with Gasteiger partial charge in [-0.1, -0.05) is 20.3 Å². The van der Waals surface area contributed by atoms with Gasteiger partial charge in [-0.3, -0.25) is 0 Å². The Labute approximate surface area is 101 Å². The maximum absolute atomic E-state index is 6.03. The summed E-state index contributed by atoms with van der Waals surface area (Å²) >= 11 is 0. The molecule has 0 bridgehead atoms. The van der Waals surface area contributed by atoms with Crippen LogP contribution in [0.1, 0.15) is 33.1 Å². The van der Waals surface area contributed by atoms with E-state index in [4.69, 9.17) is 5.73 Å². The van der Waals surface area contributed by atoms with Crippen LogP contribution in [0.2, 0.25) is 0 Å². The SMILES string of the molecule is CC1CCC(C)C(CN)(NCCN(C)C)C1. The lowest BCUT2D eigenvalue weighted by Gasteiger charge is -2.45. The van der Waals surface area contributed by atoms with Crippen LogP contribution in [0.15, 0.2) is 0 Å². The zero-order valence-electron chi connectivity index (χ0n) is 11.4. The van der Waals surface area contributed by atoms with Gasteiger partial charge in [0.1, 0.15) is 0 Å². The first-order valence-corrected chi connectivity index (χ1v) is 6.60. The quantitative estimate of drug-likeness (QED) is 0.744. The molecule has 3 atom stereocenters. The summed E-state index contributed by atoms with van der Waals surface area (Å²) in [6, 6.07) is 0. The molecule has 0 aromatic carbocycles. The van der Waals surface area contributed by atoms with Crippen LogP contribution in [-0.2, 0) is 0 Å². The molecule has 0 aliphatic heterocycles. The monoisotopic (exact) mass is 227 g/mol. The Morgan fingerprint density at radius 3 is 2.56 bits per heavy atom. The molecule has 0 radical (unpaired) electrons. The summed E-state index contributed by atoms with van der Waals surface area (Å²) in [5.41, 5.74) is 6.22. The van der Waals surface area contributed by atoms with E-state index in [0.29, 0.717) is 5.92 Å². The minimum absolute atomic E-state index is 0.188. The van der Waals surface area contributed by atoms with E-state index in [9.17, 15) is 0 Å². The van der Waals surface area contributed by atoms with Gasteiger partial charge in [0.05, 0.1) is 0 Å². The molecule has 0 amide bonds. The molecule has 1 fully saturated rings. The van der Waals surface area contributed by atoms with Gasteiger partial charge in [-0.2, -0.15) is 0 Å². The standard InChI is InChI=1S/C13H29N3/c1-11-5-6-12(2)13(9-11,10-14)15-7-8-16(3)4/h11-12,15H,5-10,14H2,1-4H3. The first-order chi connectivity index (χ1) is 7.50. The third-order valence-electron chi connectivity index (χ3n) is 4.15. The van der Waals surface area contributed by atoms with Crippen molar-refractivity contribution in [3.8, 4) is 0 Å². The molecule has 0 heterocycles. The molecule has 0 spiro atoms. The van der Waals surface area contributed by atoms with Crippen molar-refractivity contribution in [2.75, 3.05) is 33.7 Å². The highest BCUT2D eigenvalue weighted by atomic mass is 15.1. The van der Waals surface area contributed by atoms with E-state index in [1.54, 1.807) is 0 Å². The normalized spacial score (nSPS) is 35.6. The van der Waals surface area contributed by atoms with Crippen molar-refractivity contribution >= 4 is 0 Å². The molecule has 1 saturated carbocycles. The Hall–Kier alpha value is -0.120. The predicted molar refractivity (Wildman–Crippen MR) is 70.5 cm³/mol. The summed E-state index contributed by atoms with van der Waals surface area (Å²) in [6.45, 7) is 7.60. The molecule has 1 aliphatic carbocycles. The lowest BCUT2D eigenvalue weighted by molar-refractivity contribution is 0.124. The van der Waals surface area contributed by atoms with E-state index in [1.807, 2.05) is 0 Å². The zero-order valence-corrected chi connectivity index (χ0v) is 11.4. The van der Waals surface area contributed by atoms with Gasteiger partial charge < -0.3 is 16.0 Å². The molecule has 3 nitrogen and oxygen atoms in total. The molecular formula is C13H29N3. The molecule has 0 aromatic heterocycles. The van der Waals surface area contributed by atoms with Crippen LogP contribution in [0.4, 0.5) is 0 Å². The van der Waals surface area contributed by atoms with E-state index in [1.165, 1.54) is 19.3 Å². The minimum Gasteiger partial charge on any atom is -0.329 e. The molecule has 3 N–H and O–H groups in total. The van der Waals surface area contributed by atoms with Crippen molar-refractivity contribution in [1.29, 1.82) is 0 Å². The molecular weight excluding hydrogens is 198 g/mol. The summed E-state index contributed by atoms with van der Waals surface area (Å²) in [5.74, 6) is 1.52. The molecule has 96 valence electrons. The van der Waals surface area contributed by atoms with Crippen LogP contribution in [0.5, 0.6) is 0 Å². The number of nitrogens with two attached hydrogens (primary N) is 1. The highest BCUT2D eigenvalue weighted by molar-refractivity contribution is 4.98. The van der Waals surface area contributed by atoms with Crippen LogP contribution in [-0.4, -0.2) is 44.2 Å². The fraction of sp³-hybridized carbons (Fsp3) is 1.00. The Kier molecular flexibility index (Phi) is 5.22. The fourth-order valence-corrected chi connectivity index (χ4v) is 2.87. The van der Waals surface area contributed by atoms with Crippen LogP contribution in [0, 0.1) is 11.8 Å². The second-order valence-corrected chi connectivity index (χ2v) is 5.88. The first-order valence-electron chi connectivity index (χ1n) is 6.60. The molecule has 16 heavy (non-hydrogen) atoms. The smallest absolute Gasteiger partial charge is 0.0332 e. The minimum atomic E-state index is 0.188. The van der Waals surface area contributed by atoms with Gasteiger partial charge >= 0.3 is 0 Å². The van der Waals surface area contributed by atoms with E-state index in [2.05, 4.69) is 38.2 Å². The summed E-state index contributed by atoms with van der Waals surface area (Å²) in [6.07, 6.45) is 3.91. The van der Waals surface area contributed by atoms with Gasteiger partial charge in [0.25, 0.3) is 0 Å². The van der Waals surface area contributed by atoms with Gasteiger partial charge in [-0.25, -0.2) is 0 Å². The molecule has 1 aliphatic rings. The number of nitrogens with zero attached hydrogens (tertiary/aromatic N) is 1. The van der Waals surface area contributed by atoms with Crippen LogP contribution in [0.25, 0.3) is 0 Å². The second-order valence-electron chi connectivity index (χ2n) is 5.88. The average molecular weight is 227 g/mol. The Morgan fingerprint density at radius 2 is 2.00 bits per heavy atom. The third-order valence-corrected chi connectivity index (χ3v) is 4.15. The van der Waals surface area contributed by atoms with Crippen molar-refractivity contribution in [2.24, 2.45) is 17.6 Å². The van der Waals surface area contributed by atoms with Gasteiger partial charge in [-0.15, -0.1) is 0 Å². The highest BCUT2D eigenvalue weighted by Crippen LogP contribution is 2.36. The summed E-state index contributed by atoms with van der Waals surface area (Å²) in [4.78, 5) is 2.22. The maximum Gasteiger partial charge on any atom is 0.0332 e. The Morgan fingerprint density at radius 1 is 1.31 bits per heavy atom. The van der Waals surface area contributed by atoms with Gasteiger partial charge in [0, 0.05) is 25.2 Å². The zero-order chi connectivity index (χ0) is 12.2. The van der Waals surface area contributed by atoms with Crippen LogP contribution < -0.4 is 11.1 Å². The molecule has 3 unspecified atom stereocenters.